The van der Waals surface area contributed by atoms with Gasteiger partial charge in [0.1, 0.15) is 5.75 Å². The van der Waals surface area contributed by atoms with Gasteiger partial charge in [0, 0.05) is 36.4 Å². The first-order valence-electron chi connectivity index (χ1n) is 10.6. The molecule has 0 bridgehead atoms. The number of nitrogens with one attached hydrogen (secondary N) is 2. The van der Waals surface area contributed by atoms with E-state index in [9.17, 15) is 9.59 Å². The van der Waals surface area contributed by atoms with Gasteiger partial charge in [-0.3, -0.25) is 9.59 Å². The Bertz CT molecular complexity index is 858. The van der Waals surface area contributed by atoms with Crippen molar-refractivity contribution in [3.8, 4) is 5.75 Å². The topological polar surface area (TPSA) is 70.7 Å². The number of carbonyl (C=O) groups excluding carboxylic acids is 2. The summed E-state index contributed by atoms with van der Waals surface area (Å²) in [6, 6.07) is 15.1. The number of nitrogens with zero attached hydrogens (tertiary/aromatic N) is 1. The maximum absolute atomic E-state index is 12.7. The second-order valence-electron chi connectivity index (χ2n) is 7.76. The second-order valence-corrected chi connectivity index (χ2v) is 7.76. The van der Waals surface area contributed by atoms with Gasteiger partial charge in [-0.2, -0.15) is 0 Å². The predicted molar refractivity (Wildman–Crippen MR) is 119 cm³/mol. The van der Waals surface area contributed by atoms with Crippen LogP contribution in [0.2, 0.25) is 0 Å². The molecule has 1 aliphatic rings. The van der Waals surface area contributed by atoms with E-state index in [4.69, 9.17) is 4.74 Å². The maximum atomic E-state index is 12.7. The van der Waals surface area contributed by atoms with Crippen molar-refractivity contribution in [3.63, 3.8) is 0 Å². The van der Waals surface area contributed by atoms with E-state index in [1.807, 2.05) is 31.2 Å². The molecule has 0 aromatic heterocycles. The summed E-state index contributed by atoms with van der Waals surface area (Å²) in [7, 11) is 1.61. The van der Waals surface area contributed by atoms with Crippen LogP contribution in [-0.4, -0.2) is 44.1 Å². The molecule has 2 amide bonds. The zero-order valence-electron chi connectivity index (χ0n) is 18.0. The summed E-state index contributed by atoms with van der Waals surface area (Å²) in [6.45, 7) is 5.65. The van der Waals surface area contributed by atoms with Crippen LogP contribution in [0, 0.1) is 0 Å². The molecule has 1 saturated heterocycles. The average molecular weight is 410 g/mol. The van der Waals surface area contributed by atoms with Crippen molar-refractivity contribution in [1.82, 2.24) is 10.6 Å². The van der Waals surface area contributed by atoms with Gasteiger partial charge in [-0.1, -0.05) is 19.1 Å². The second kappa shape index (κ2) is 10.1. The van der Waals surface area contributed by atoms with Crippen LogP contribution in [0.15, 0.2) is 48.5 Å². The third kappa shape index (κ3) is 5.32. The molecule has 30 heavy (non-hydrogen) atoms. The van der Waals surface area contributed by atoms with Crippen LogP contribution in [0.4, 0.5) is 5.69 Å². The molecule has 1 unspecified atom stereocenters. The SMILES string of the molecule is CCC(C)NC(=O)c1ccccc1N1CCC(NC(=O)c2ccc(OC)cc2)CC1. The average Bonchev–Trinajstić information content (AvgIpc) is 2.79. The van der Waals surface area contributed by atoms with Crippen molar-refractivity contribution in [2.75, 3.05) is 25.1 Å². The summed E-state index contributed by atoms with van der Waals surface area (Å²) in [5, 5.41) is 6.19. The van der Waals surface area contributed by atoms with Crippen molar-refractivity contribution in [2.45, 2.75) is 45.2 Å². The van der Waals surface area contributed by atoms with E-state index in [0.717, 1.165) is 43.8 Å². The standard InChI is InChI=1S/C24H31N3O3/c1-4-17(2)25-24(29)21-7-5-6-8-22(21)27-15-13-19(14-16-27)26-23(28)18-9-11-20(30-3)12-10-18/h5-12,17,19H,4,13-16H2,1-3H3,(H,25,29)(H,26,28). The predicted octanol–water partition coefficient (Wildman–Crippen LogP) is 3.62. The van der Waals surface area contributed by atoms with E-state index in [-0.39, 0.29) is 23.9 Å². The van der Waals surface area contributed by atoms with Gasteiger partial charge < -0.3 is 20.3 Å². The molecule has 0 aliphatic carbocycles. The Morgan fingerprint density at radius 1 is 1.07 bits per heavy atom. The monoisotopic (exact) mass is 409 g/mol. The highest BCUT2D eigenvalue weighted by molar-refractivity contribution is 6.00. The molecule has 1 aliphatic heterocycles. The van der Waals surface area contributed by atoms with Crippen LogP contribution >= 0.6 is 0 Å². The molecule has 0 saturated carbocycles. The first kappa shape index (κ1) is 21.7. The number of benzene rings is 2. The molecule has 2 aromatic rings. The molecule has 1 fully saturated rings. The number of anilines is 1. The number of amides is 2. The minimum atomic E-state index is -0.0653. The van der Waals surface area contributed by atoms with Gasteiger partial charge in [-0.15, -0.1) is 0 Å². The maximum Gasteiger partial charge on any atom is 0.253 e. The van der Waals surface area contributed by atoms with Gasteiger partial charge in [0.2, 0.25) is 0 Å². The fraction of sp³-hybridized carbons (Fsp3) is 0.417. The zero-order valence-corrected chi connectivity index (χ0v) is 18.0. The fourth-order valence-electron chi connectivity index (χ4n) is 3.62. The molecule has 3 rings (SSSR count). The van der Waals surface area contributed by atoms with Gasteiger partial charge >= 0.3 is 0 Å². The van der Waals surface area contributed by atoms with E-state index in [2.05, 4.69) is 22.5 Å². The smallest absolute Gasteiger partial charge is 0.253 e. The van der Waals surface area contributed by atoms with E-state index in [1.165, 1.54) is 0 Å². The summed E-state index contributed by atoms with van der Waals surface area (Å²) >= 11 is 0. The quantitative estimate of drug-likeness (QED) is 0.733. The number of carbonyl (C=O) groups is 2. The molecule has 2 N–H and O–H groups in total. The summed E-state index contributed by atoms with van der Waals surface area (Å²) < 4.78 is 5.14. The first-order valence-corrected chi connectivity index (χ1v) is 10.6. The van der Waals surface area contributed by atoms with E-state index >= 15 is 0 Å². The van der Waals surface area contributed by atoms with Crippen molar-refractivity contribution >= 4 is 17.5 Å². The number of hydrogen-bond acceptors (Lipinski definition) is 4. The van der Waals surface area contributed by atoms with Gasteiger partial charge in [-0.05, 0) is 62.6 Å². The number of hydrogen-bond donors (Lipinski definition) is 2. The Balaban J connectivity index is 1.59. The van der Waals surface area contributed by atoms with Crippen LogP contribution in [0.3, 0.4) is 0 Å². The fourth-order valence-corrected chi connectivity index (χ4v) is 3.62. The van der Waals surface area contributed by atoms with Gasteiger partial charge in [-0.25, -0.2) is 0 Å². The van der Waals surface area contributed by atoms with Crippen LogP contribution in [0.1, 0.15) is 53.8 Å². The highest BCUT2D eigenvalue weighted by Crippen LogP contribution is 2.25. The lowest BCUT2D eigenvalue weighted by atomic mass is 10.0. The lowest BCUT2D eigenvalue weighted by molar-refractivity contribution is 0.0928. The minimum absolute atomic E-state index is 0.0325. The van der Waals surface area contributed by atoms with Crippen LogP contribution in [-0.2, 0) is 0 Å². The van der Waals surface area contributed by atoms with Crippen molar-refractivity contribution in [2.24, 2.45) is 0 Å². The molecule has 2 aromatic carbocycles. The molecule has 6 nitrogen and oxygen atoms in total. The van der Waals surface area contributed by atoms with E-state index in [1.54, 1.807) is 31.4 Å². The van der Waals surface area contributed by atoms with Crippen molar-refractivity contribution in [3.05, 3.63) is 59.7 Å². The number of ether oxygens (including phenoxy) is 1. The number of para-hydroxylation sites is 1. The van der Waals surface area contributed by atoms with Gasteiger partial charge in [0.25, 0.3) is 11.8 Å². The number of rotatable bonds is 7. The zero-order chi connectivity index (χ0) is 21.5. The highest BCUT2D eigenvalue weighted by Gasteiger charge is 2.24. The number of methoxy groups -OCH3 is 1. The summed E-state index contributed by atoms with van der Waals surface area (Å²) in [6.07, 6.45) is 2.57. The molecule has 6 heteroatoms. The largest absolute Gasteiger partial charge is 0.497 e. The number of piperidine rings is 1. The van der Waals surface area contributed by atoms with E-state index in [0.29, 0.717) is 11.1 Å². The van der Waals surface area contributed by atoms with Crippen molar-refractivity contribution in [1.29, 1.82) is 0 Å². The third-order valence-electron chi connectivity index (χ3n) is 5.66. The molecule has 0 spiro atoms. The Hall–Kier alpha value is -3.02. The molecular formula is C24H31N3O3. The molecule has 0 radical (unpaired) electrons. The van der Waals surface area contributed by atoms with Gasteiger partial charge in [0.15, 0.2) is 0 Å². The van der Waals surface area contributed by atoms with Crippen molar-refractivity contribution < 1.29 is 14.3 Å². The Labute approximate surface area is 178 Å². The Morgan fingerprint density at radius 2 is 1.73 bits per heavy atom. The van der Waals surface area contributed by atoms with Crippen LogP contribution < -0.4 is 20.3 Å². The lowest BCUT2D eigenvalue weighted by Crippen LogP contribution is -2.45. The summed E-state index contributed by atoms with van der Waals surface area (Å²) in [5.74, 6) is 0.634. The Kier molecular flexibility index (Phi) is 7.33. The molecule has 1 atom stereocenters. The molecule has 160 valence electrons. The Morgan fingerprint density at radius 3 is 2.37 bits per heavy atom. The van der Waals surface area contributed by atoms with Crippen LogP contribution in [0.5, 0.6) is 5.75 Å². The van der Waals surface area contributed by atoms with Gasteiger partial charge in [0.05, 0.1) is 12.7 Å². The minimum Gasteiger partial charge on any atom is -0.497 e. The van der Waals surface area contributed by atoms with Crippen LogP contribution in [0.25, 0.3) is 0 Å². The highest BCUT2D eigenvalue weighted by atomic mass is 16.5. The lowest BCUT2D eigenvalue weighted by Gasteiger charge is -2.35. The normalized spacial score (nSPS) is 15.4. The molecular weight excluding hydrogens is 378 g/mol. The third-order valence-corrected chi connectivity index (χ3v) is 5.66. The van der Waals surface area contributed by atoms with E-state index < -0.39 is 0 Å². The summed E-state index contributed by atoms with van der Waals surface area (Å²) in [5.41, 5.74) is 2.29. The summed E-state index contributed by atoms with van der Waals surface area (Å²) in [4.78, 5) is 27.4. The first-order chi connectivity index (χ1) is 14.5. The molecule has 1 heterocycles.